The minimum absolute atomic E-state index is 0.255. The molecule has 3 heterocycles. The van der Waals surface area contributed by atoms with Crippen LogP contribution in [0.15, 0.2) is 55.1 Å². The van der Waals surface area contributed by atoms with E-state index in [1.54, 1.807) is 19.3 Å². The third-order valence-electron chi connectivity index (χ3n) is 4.83. The predicted octanol–water partition coefficient (Wildman–Crippen LogP) is 3.06. The topological polar surface area (TPSA) is 85.2 Å². The number of para-hydroxylation sites is 1. The van der Waals surface area contributed by atoms with Crippen LogP contribution in [0.5, 0.6) is 5.75 Å². The van der Waals surface area contributed by atoms with Crippen LogP contribution in [0.25, 0.3) is 5.95 Å². The van der Waals surface area contributed by atoms with Gasteiger partial charge in [-0.15, -0.1) is 0 Å². The maximum Gasteiger partial charge on any atom is 0.265 e. The van der Waals surface area contributed by atoms with Gasteiger partial charge in [0.05, 0.1) is 36.2 Å². The molecule has 1 fully saturated rings. The first-order chi connectivity index (χ1) is 14.2. The van der Waals surface area contributed by atoms with Gasteiger partial charge in [0.1, 0.15) is 5.75 Å². The molecule has 1 atom stereocenters. The van der Waals surface area contributed by atoms with Gasteiger partial charge in [-0.2, -0.15) is 5.10 Å². The van der Waals surface area contributed by atoms with Crippen molar-refractivity contribution in [1.82, 2.24) is 19.7 Å². The fourth-order valence-corrected chi connectivity index (χ4v) is 3.25. The number of hydrogen-bond acceptors (Lipinski definition) is 6. The van der Waals surface area contributed by atoms with Gasteiger partial charge in [-0.1, -0.05) is 18.2 Å². The molecular weight excluding hydrogens is 368 g/mol. The normalized spacial score (nSPS) is 15.0. The number of aromatic nitrogens is 4. The zero-order valence-corrected chi connectivity index (χ0v) is 16.4. The molecule has 1 amide bonds. The Labute approximate surface area is 169 Å². The van der Waals surface area contributed by atoms with E-state index in [0.29, 0.717) is 17.4 Å². The van der Waals surface area contributed by atoms with Crippen LogP contribution < -0.4 is 15.0 Å². The van der Waals surface area contributed by atoms with Gasteiger partial charge in [-0.05, 0) is 38.3 Å². The van der Waals surface area contributed by atoms with Crippen LogP contribution in [0.1, 0.15) is 26.2 Å². The van der Waals surface area contributed by atoms with Crippen LogP contribution >= 0.6 is 0 Å². The summed E-state index contributed by atoms with van der Waals surface area (Å²) >= 11 is 0. The lowest BCUT2D eigenvalue weighted by Crippen LogP contribution is -2.30. The Bertz CT molecular complexity index is 935. The number of nitrogens with one attached hydrogen (secondary N) is 1. The van der Waals surface area contributed by atoms with Gasteiger partial charge in [0.2, 0.25) is 0 Å². The van der Waals surface area contributed by atoms with Crippen LogP contribution in [0.3, 0.4) is 0 Å². The number of amides is 1. The molecule has 1 aromatic carbocycles. The summed E-state index contributed by atoms with van der Waals surface area (Å²) in [7, 11) is 0. The highest BCUT2D eigenvalue weighted by Crippen LogP contribution is 2.19. The van der Waals surface area contributed by atoms with Crippen molar-refractivity contribution in [2.75, 3.05) is 23.3 Å². The lowest BCUT2D eigenvalue weighted by Gasteiger charge is -2.28. The van der Waals surface area contributed by atoms with Crippen molar-refractivity contribution in [2.24, 2.45) is 0 Å². The Balaban J connectivity index is 1.37. The Morgan fingerprint density at radius 2 is 1.79 bits per heavy atom. The second-order valence-corrected chi connectivity index (χ2v) is 7.02. The first-order valence-corrected chi connectivity index (χ1v) is 9.84. The van der Waals surface area contributed by atoms with E-state index < -0.39 is 6.10 Å². The fraction of sp³-hybridized carbons (Fsp3) is 0.333. The van der Waals surface area contributed by atoms with Gasteiger partial charge in [0.15, 0.2) is 6.10 Å². The number of rotatable bonds is 6. The van der Waals surface area contributed by atoms with E-state index in [1.165, 1.54) is 23.9 Å². The van der Waals surface area contributed by atoms with Gasteiger partial charge in [0.25, 0.3) is 11.9 Å². The molecule has 1 aliphatic rings. The van der Waals surface area contributed by atoms with Crippen molar-refractivity contribution in [1.29, 1.82) is 0 Å². The molecule has 1 aliphatic heterocycles. The Morgan fingerprint density at radius 1 is 1.07 bits per heavy atom. The van der Waals surface area contributed by atoms with Crippen LogP contribution in [-0.2, 0) is 4.79 Å². The maximum absolute atomic E-state index is 12.4. The average Bonchev–Trinajstić information content (AvgIpc) is 3.23. The van der Waals surface area contributed by atoms with Crippen molar-refractivity contribution >= 4 is 17.3 Å². The summed E-state index contributed by atoms with van der Waals surface area (Å²) in [6.45, 7) is 3.79. The number of benzene rings is 1. The van der Waals surface area contributed by atoms with E-state index >= 15 is 0 Å². The highest BCUT2D eigenvalue weighted by atomic mass is 16.5. The van der Waals surface area contributed by atoms with Crippen molar-refractivity contribution in [2.45, 2.75) is 32.3 Å². The first-order valence-electron chi connectivity index (χ1n) is 9.84. The Morgan fingerprint density at radius 3 is 2.52 bits per heavy atom. The van der Waals surface area contributed by atoms with E-state index in [0.717, 1.165) is 18.8 Å². The fourth-order valence-electron chi connectivity index (χ4n) is 3.25. The lowest BCUT2D eigenvalue weighted by molar-refractivity contribution is -0.122. The molecule has 0 spiro atoms. The molecule has 2 aromatic heterocycles. The van der Waals surface area contributed by atoms with Crippen molar-refractivity contribution in [3.63, 3.8) is 0 Å². The van der Waals surface area contributed by atoms with Crippen LogP contribution in [0.2, 0.25) is 0 Å². The summed E-state index contributed by atoms with van der Waals surface area (Å²) in [6.07, 6.45) is 9.95. The molecule has 0 aliphatic carbocycles. The molecule has 8 nitrogen and oxygen atoms in total. The van der Waals surface area contributed by atoms with Crippen molar-refractivity contribution < 1.29 is 9.53 Å². The van der Waals surface area contributed by atoms with E-state index in [1.807, 2.05) is 42.7 Å². The molecule has 4 rings (SSSR count). The van der Waals surface area contributed by atoms with Crippen molar-refractivity contribution in [3.8, 4) is 11.7 Å². The van der Waals surface area contributed by atoms with Crippen LogP contribution in [0, 0.1) is 0 Å². The predicted molar refractivity (Wildman–Crippen MR) is 110 cm³/mol. The number of hydrogen-bond donors (Lipinski definition) is 1. The summed E-state index contributed by atoms with van der Waals surface area (Å²) in [5.41, 5.74) is 1.59. The highest BCUT2D eigenvalue weighted by molar-refractivity contribution is 5.93. The molecule has 3 aromatic rings. The Kier molecular flexibility index (Phi) is 5.69. The largest absolute Gasteiger partial charge is 0.481 e. The number of carbonyl (C=O) groups is 1. The summed E-state index contributed by atoms with van der Waals surface area (Å²) < 4.78 is 7.18. The molecule has 1 saturated heterocycles. The molecule has 0 bridgehead atoms. The van der Waals surface area contributed by atoms with E-state index in [9.17, 15) is 4.79 Å². The monoisotopic (exact) mass is 392 g/mol. The number of nitrogens with zero attached hydrogens (tertiary/aromatic N) is 5. The molecule has 8 heteroatoms. The number of anilines is 2. The van der Waals surface area contributed by atoms with Crippen LogP contribution in [0.4, 0.5) is 11.4 Å². The molecule has 150 valence electrons. The quantitative estimate of drug-likeness (QED) is 0.694. The maximum atomic E-state index is 12.4. The molecule has 1 N–H and O–H groups in total. The summed E-state index contributed by atoms with van der Waals surface area (Å²) in [5, 5.41) is 7.05. The Hall–Kier alpha value is -3.42. The van der Waals surface area contributed by atoms with Gasteiger partial charge >= 0.3 is 0 Å². The molecule has 1 unspecified atom stereocenters. The van der Waals surface area contributed by atoms with E-state index in [-0.39, 0.29) is 5.91 Å². The summed E-state index contributed by atoms with van der Waals surface area (Å²) in [6, 6.07) is 9.24. The number of carbonyl (C=O) groups excluding carboxylic acids is 1. The second-order valence-electron chi connectivity index (χ2n) is 7.02. The number of piperidine rings is 1. The van der Waals surface area contributed by atoms with Gasteiger partial charge in [-0.3, -0.25) is 4.79 Å². The zero-order valence-electron chi connectivity index (χ0n) is 16.4. The van der Waals surface area contributed by atoms with Crippen LogP contribution in [-0.4, -0.2) is 44.8 Å². The SMILES string of the molecule is CC(Oc1ccccc1)C(=O)Nc1cnn(-c2ncc(N3CCCCC3)cn2)c1. The molecule has 0 radical (unpaired) electrons. The van der Waals surface area contributed by atoms with Gasteiger partial charge < -0.3 is 15.0 Å². The minimum atomic E-state index is -0.638. The van der Waals surface area contributed by atoms with Crippen molar-refractivity contribution in [3.05, 3.63) is 55.1 Å². The third-order valence-corrected chi connectivity index (χ3v) is 4.83. The molecular formula is C21H24N6O2. The molecule has 29 heavy (non-hydrogen) atoms. The lowest BCUT2D eigenvalue weighted by atomic mass is 10.1. The summed E-state index contributed by atoms with van der Waals surface area (Å²) in [4.78, 5) is 23.5. The first kappa shape index (κ1) is 18.9. The zero-order chi connectivity index (χ0) is 20.1. The van der Waals surface area contributed by atoms with Gasteiger partial charge in [-0.25, -0.2) is 14.6 Å². The third kappa shape index (κ3) is 4.71. The van der Waals surface area contributed by atoms with E-state index in [4.69, 9.17) is 4.74 Å². The second kappa shape index (κ2) is 8.72. The highest BCUT2D eigenvalue weighted by Gasteiger charge is 2.16. The standard InChI is InChI=1S/C21H24N6O2/c1-16(29-19-8-4-2-5-9-19)20(28)25-17-12-24-27(15-17)21-22-13-18(14-23-21)26-10-6-3-7-11-26/h2,4-5,8-9,12-16H,3,6-7,10-11H2,1H3,(H,25,28). The number of ether oxygens (including phenoxy) is 1. The smallest absolute Gasteiger partial charge is 0.265 e. The van der Waals surface area contributed by atoms with Gasteiger partial charge in [0, 0.05) is 13.1 Å². The minimum Gasteiger partial charge on any atom is -0.481 e. The molecule has 0 saturated carbocycles. The summed E-state index contributed by atoms with van der Waals surface area (Å²) in [5.74, 6) is 0.850. The van der Waals surface area contributed by atoms with E-state index in [2.05, 4.69) is 25.3 Å². The average molecular weight is 392 g/mol.